The third-order valence-electron chi connectivity index (χ3n) is 4.85. The number of nitrogens with one attached hydrogen (secondary N) is 4. The molecule has 11 nitrogen and oxygen atoms in total. The van der Waals surface area contributed by atoms with Crippen LogP contribution < -0.4 is 20.1 Å². The van der Waals surface area contributed by atoms with Crippen LogP contribution in [0.5, 0.6) is 0 Å². The number of pyridine rings is 1. The number of hydrogen-bond acceptors (Lipinski definition) is 9. The van der Waals surface area contributed by atoms with E-state index in [1.165, 1.54) is 36.7 Å². The van der Waals surface area contributed by atoms with Gasteiger partial charge in [0.25, 0.3) is 0 Å². The van der Waals surface area contributed by atoms with Crippen LogP contribution in [0.1, 0.15) is 12.0 Å². The summed E-state index contributed by atoms with van der Waals surface area (Å²) in [7, 11) is -7.27. The number of sulfonamides is 2. The Balaban J connectivity index is 1.52. The fourth-order valence-corrected chi connectivity index (χ4v) is 5.32. The molecule has 0 spiro atoms. The van der Waals surface area contributed by atoms with Crippen molar-refractivity contribution in [1.29, 1.82) is 0 Å². The van der Waals surface area contributed by atoms with Gasteiger partial charge < -0.3 is 10.6 Å². The van der Waals surface area contributed by atoms with E-state index < -0.39 is 20.0 Å². The molecule has 3 heterocycles. The zero-order valence-electron chi connectivity index (χ0n) is 17.5. The van der Waals surface area contributed by atoms with Gasteiger partial charge in [0.15, 0.2) is 0 Å². The standard InChI is InChI=1S/C20H23N7O4S2/c28-32(29,17-6-10-21-11-7-17)25-12-5-15-14-23-20-26-16-3-1-4-18(13-16)33(30,31)24-9-2-8-22-19(15)27-20/h1,3-4,6-7,10-11,13-14,24-25H,2,5,8-9,12H2,(H2,22,23,26,27). The molecule has 4 rings (SSSR count). The highest BCUT2D eigenvalue weighted by Gasteiger charge is 2.17. The molecular weight excluding hydrogens is 466 g/mol. The minimum absolute atomic E-state index is 0.141. The predicted molar refractivity (Wildman–Crippen MR) is 123 cm³/mol. The van der Waals surface area contributed by atoms with Crippen molar-refractivity contribution in [3.05, 3.63) is 60.6 Å². The molecule has 0 radical (unpaired) electrons. The van der Waals surface area contributed by atoms with Gasteiger partial charge in [-0.05, 0) is 43.2 Å². The highest BCUT2D eigenvalue weighted by molar-refractivity contribution is 7.89. The highest BCUT2D eigenvalue weighted by atomic mass is 32.2. The van der Waals surface area contributed by atoms with Crippen LogP contribution in [0.2, 0.25) is 0 Å². The first-order valence-corrected chi connectivity index (χ1v) is 13.2. The molecule has 13 heteroatoms. The normalized spacial score (nSPS) is 15.8. The molecule has 0 fully saturated rings. The number of nitrogens with zero attached hydrogens (tertiary/aromatic N) is 3. The van der Waals surface area contributed by atoms with Gasteiger partial charge in [0.05, 0.1) is 9.79 Å². The molecule has 3 aromatic rings. The molecule has 0 unspecified atom stereocenters. The quantitative estimate of drug-likeness (QED) is 0.414. The summed E-state index contributed by atoms with van der Waals surface area (Å²) >= 11 is 0. The maximum absolute atomic E-state index is 12.5. The Morgan fingerprint density at radius 2 is 1.91 bits per heavy atom. The average molecular weight is 490 g/mol. The number of hydrogen-bond donors (Lipinski definition) is 4. The van der Waals surface area contributed by atoms with E-state index in [1.54, 1.807) is 18.3 Å². The first-order valence-electron chi connectivity index (χ1n) is 10.2. The van der Waals surface area contributed by atoms with Crippen molar-refractivity contribution in [2.45, 2.75) is 22.6 Å². The van der Waals surface area contributed by atoms with Gasteiger partial charge in [0.1, 0.15) is 5.82 Å². The lowest BCUT2D eigenvalue weighted by Crippen LogP contribution is -2.27. The van der Waals surface area contributed by atoms with Gasteiger partial charge in [-0.2, -0.15) is 4.98 Å². The Kier molecular flexibility index (Phi) is 6.83. The Hall–Kier alpha value is -3.13. The Morgan fingerprint density at radius 3 is 2.73 bits per heavy atom. The van der Waals surface area contributed by atoms with E-state index in [-0.39, 0.29) is 22.9 Å². The molecular formula is C20H23N7O4S2. The van der Waals surface area contributed by atoms with Crippen LogP contribution in [-0.4, -0.2) is 51.4 Å². The van der Waals surface area contributed by atoms with E-state index in [0.717, 1.165) is 5.56 Å². The lowest BCUT2D eigenvalue weighted by molar-refractivity contribution is 0.578. The molecule has 0 saturated heterocycles. The van der Waals surface area contributed by atoms with Crippen LogP contribution in [-0.2, 0) is 26.5 Å². The SMILES string of the molecule is O=S1(=O)NCCCNc2nc(ncc2CCNS(=O)(=O)c2ccncc2)Nc2cccc1c2. The number of aromatic nitrogens is 3. The first-order chi connectivity index (χ1) is 15.8. The lowest BCUT2D eigenvalue weighted by atomic mass is 10.2. The minimum Gasteiger partial charge on any atom is -0.370 e. The van der Waals surface area contributed by atoms with E-state index in [9.17, 15) is 16.8 Å². The zero-order valence-corrected chi connectivity index (χ0v) is 19.2. The van der Waals surface area contributed by atoms with E-state index in [2.05, 4.69) is 35.0 Å². The van der Waals surface area contributed by atoms with Crippen molar-refractivity contribution in [2.24, 2.45) is 0 Å². The van der Waals surface area contributed by atoms with Gasteiger partial charge in [-0.15, -0.1) is 0 Å². The van der Waals surface area contributed by atoms with Crippen LogP contribution >= 0.6 is 0 Å². The Morgan fingerprint density at radius 1 is 1.09 bits per heavy atom. The molecule has 4 N–H and O–H groups in total. The van der Waals surface area contributed by atoms with Gasteiger partial charge in [0.2, 0.25) is 26.0 Å². The largest absolute Gasteiger partial charge is 0.370 e. The minimum atomic E-state index is -3.65. The fraction of sp³-hybridized carbons (Fsp3) is 0.250. The van der Waals surface area contributed by atoms with Crippen LogP contribution in [0.4, 0.5) is 17.5 Å². The third kappa shape index (κ3) is 5.82. The summed E-state index contributed by atoms with van der Waals surface area (Å²) < 4.78 is 54.9. The molecule has 1 aromatic carbocycles. The van der Waals surface area contributed by atoms with Gasteiger partial charge in [-0.3, -0.25) is 4.98 Å². The molecule has 1 aliphatic rings. The summed E-state index contributed by atoms with van der Waals surface area (Å²) in [5, 5.41) is 6.21. The maximum Gasteiger partial charge on any atom is 0.240 e. The summed E-state index contributed by atoms with van der Waals surface area (Å²) in [6, 6.07) is 9.24. The molecule has 0 atom stereocenters. The zero-order chi connectivity index (χ0) is 23.3. The Bertz CT molecular complexity index is 1330. The third-order valence-corrected chi connectivity index (χ3v) is 7.79. The molecule has 33 heavy (non-hydrogen) atoms. The van der Waals surface area contributed by atoms with Gasteiger partial charge in [0, 0.05) is 49.5 Å². The topological polar surface area (TPSA) is 155 Å². The van der Waals surface area contributed by atoms with Crippen LogP contribution in [0, 0.1) is 0 Å². The van der Waals surface area contributed by atoms with Crippen molar-refractivity contribution in [2.75, 3.05) is 30.3 Å². The van der Waals surface area contributed by atoms with Crippen molar-refractivity contribution in [3.8, 4) is 0 Å². The van der Waals surface area contributed by atoms with E-state index in [4.69, 9.17) is 0 Å². The van der Waals surface area contributed by atoms with Crippen molar-refractivity contribution < 1.29 is 16.8 Å². The number of fused-ring (bicyclic) bond motifs is 4. The predicted octanol–water partition coefficient (Wildman–Crippen LogP) is 1.23. The second-order valence-corrected chi connectivity index (χ2v) is 10.8. The van der Waals surface area contributed by atoms with Gasteiger partial charge >= 0.3 is 0 Å². The number of benzene rings is 1. The summed E-state index contributed by atoms with van der Waals surface area (Å²) in [5.74, 6) is 0.842. The highest BCUT2D eigenvalue weighted by Crippen LogP contribution is 2.21. The molecule has 1 aliphatic heterocycles. The van der Waals surface area contributed by atoms with Crippen LogP contribution in [0.15, 0.2) is 64.8 Å². The monoisotopic (exact) mass is 489 g/mol. The van der Waals surface area contributed by atoms with E-state index in [1.807, 2.05) is 0 Å². The smallest absolute Gasteiger partial charge is 0.240 e. The molecule has 0 saturated carbocycles. The van der Waals surface area contributed by atoms with E-state index in [0.29, 0.717) is 36.8 Å². The lowest BCUT2D eigenvalue weighted by Gasteiger charge is -2.13. The molecule has 0 amide bonds. The van der Waals surface area contributed by atoms with Crippen molar-refractivity contribution in [3.63, 3.8) is 0 Å². The van der Waals surface area contributed by atoms with Crippen molar-refractivity contribution >= 4 is 37.5 Å². The van der Waals surface area contributed by atoms with Gasteiger partial charge in [-0.1, -0.05) is 6.07 Å². The maximum atomic E-state index is 12.5. The van der Waals surface area contributed by atoms with E-state index >= 15 is 0 Å². The Labute approximate surface area is 192 Å². The molecule has 4 bridgehead atoms. The van der Waals surface area contributed by atoms with Crippen molar-refractivity contribution in [1.82, 2.24) is 24.4 Å². The first kappa shape index (κ1) is 23.0. The van der Waals surface area contributed by atoms with Crippen LogP contribution in [0.3, 0.4) is 0 Å². The second kappa shape index (κ2) is 9.79. The summed E-state index contributed by atoms with van der Waals surface area (Å²) in [5.41, 5.74) is 1.25. The summed E-state index contributed by atoms with van der Waals surface area (Å²) in [6.45, 7) is 0.871. The number of rotatable bonds is 5. The van der Waals surface area contributed by atoms with Gasteiger partial charge in [-0.25, -0.2) is 31.3 Å². The number of anilines is 3. The molecule has 174 valence electrons. The molecule has 2 aromatic heterocycles. The van der Waals surface area contributed by atoms with Crippen LogP contribution in [0.25, 0.3) is 0 Å². The second-order valence-electron chi connectivity index (χ2n) is 7.23. The summed E-state index contributed by atoms with van der Waals surface area (Å²) in [6.07, 6.45) is 5.35. The fourth-order valence-electron chi connectivity index (χ4n) is 3.18. The summed E-state index contributed by atoms with van der Waals surface area (Å²) in [4.78, 5) is 12.9. The molecule has 0 aliphatic carbocycles. The average Bonchev–Trinajstić information content (AvgIpc) is 2.81.